The Kier molecular flexibility index (Phi) is 3.04. The van der Waals surface area contributed by atoms with Gasteiger partial charge >= 0.3 is 0 Å². The van der Waals surface area contributed by atoms with Gasteiger partial charge in [0, 0.05) is 12.3 Å². The Labute approximate surface area is 95.3 Å². The first-order valence-corrected chi connectivity index (χ1v) is 4.71. The summed E-state index contributed by atoms with van der Waals surface area (Å²) in [6.07, 6.45) is 1.34. The minimum Gasteiger partial charge on any atom is -0.338 e. The topological polar surface area (TPSA) is 54.4 Å². The van der Waals surface area contributed by atoms with Gasteiger partial charge in [-0.15, -0.1) is 4.91 Å². The van der Waals surface area contributed by atoms with Gasteiger partial charge in [-0.25, -0.2) is 13.8 Å². The number of benzene rings is 1. The number of nitrogens with one attached hydrogen (secondary N) is 1. The van der Waals surface area contributed by atoms with Crippen LogP contribution in [0.2, 0.25) is 0 Å². The van der Waals surface area contributed by atoms with Crippen LogP contribution in [-0.4, -0.2) is 4.98 Å². The lowest BCUT2D eigenvalue weighted by molar-refractivity contribution is 0.511. The van der Waals surface area contributed by atoms with Crippen molar-refractivity contribution in [1.82, 2.24) is 4.98 Å². The molecule has 0 spiro atoms. The van der Waals surface area contributed by atoms with Gasteiger partial charge in [-0.2, -0.15) is 0 Å². The van der Waals surface area contributed by atoms with Crippen LogP contribution in [0.4, 0.5) is 26.0 Å². The maximum absolute atomic E-state index is 13.3. The molecule has 0 aliphatic heterocycles. The Morgan fingerprint density at radius 3 is 2.82 bits per heavy atom. The van der Waals surface area contributed by atoms with Gasteiger partial charge in [-0.1, -0.05) is 6.07 Å². The van der Waals surface area contributed by atoms with E-state index in [1.54, 1.807) is 0 Å². The number of aromatic nitrogens is 1. The van der Waals surface area contributed by atoms with Crippen LogP contribution in [0.3, 0.4) is 0 Å². The molecule has 0 amide bonds. The molecule has 0 atom stereocenters. The van der Waals surface area contributed by atoms with Gasteiger partial charge in [-0.3, -0.25) is 0 Å². The van der Waals surface area contributed by atoms with Crippen molar-refractivity contribution in [1.29, 1.82) is 0 Å². The number of nitrogens with zero attached hydrogens (tertiary/aromatic N) is 2. The highest BCUT2D eigenvalue weighted by atomic mass is 19.2. The van der Waals surface area contributed by atoms with Crippen LogP contribution < -0.4 is 5.32 Å². The minimum atomic E-state index is -1.00. The number of hydrogen-bond donors (Lipinski definition) is 1. The van der Waals surface area contributed by atoms with Gasteiger partial charge < -0.3 is 5.32 Å². The molecular formula is C11H7F2N3O. The fraction of sp³-hybridized carbons (Fsp3) is 0. The van der Waals surface area contributed by atoms with Crippen molar-refractivity contribution in [2.24, 2.45) is 5.18 Å². The second-order valence-electron chi connectivity index (χ2n) is 3.22. The SMILES string of the molecule is O=Nc1ccnc(Nc2cccc(F)c2F)c1. The lowest BCUT2D eigenvalue weighted by Gasteiger charge is -2.06. The second kappa shape index (κ2) is 4.65. The standard InChI is InChI=1S/C11H7F2N3O/c12-8-2-1-3-9(11(8)13)15-10-6-7(16-17)4-5-14-10/h1-6H,(H,14,15). The summed E-state index contributed by atoms with van der Waals surface area (Å²) in [5.41, 5.74) is 0.0971. The maximum Gasteiger partial charge on any atom is 0.182 e. The van der Waals surface area contributed by atoms with Crippen molar-refractivity contribution in [3.8, 4) is 0 Å². The molecule has 2 aromatic rings. The molecule has 1 heterocycles. The Morgan fingerprint density at radius 1 is 1.24 bits per heavy atom. The summed E-state index contributed by atoms with van der Waals surface area (Å²) in [5.74, 6) is -1.75. The van der Waals surface area contributed by atoms with Crippen molar-refractivity contribution < 1.29 is 8.78 Å². The summed E-state index contributed by atoms with van der Waals surface area (Å²) < 4.78 is 26.2. The average molecular weight is 235 g/mol. The number of rotatable bonds is 3. The van der Waals surface area contributed by atoms with Crippen LogP contribution >= 0.6 is 0 Å². The predicted octanol–water partition coefficient (Wildman–Crippen LogP) is 3.50. The lowest BCUT2D eigenvalue weighted by atomic mass is 10.3. The van der Waals surface area contributed by atoms with E-state index in [4.69, 9.17) is 0 Å². The van der Waals surface area contributed by atoms with E-state index in [-0.39, 0.29) is 17.2 Å². The first-order valence-electron chi connectivity index (χ1n) is 4.71. The largest absolute Gasteiger partial charge is 0.338 e. The fourth-order valence-corrected chi connectivity index (χ4v) is 1.28. The van der Waals surface area contributed by atoms with Gasteiger partial charge in [0.2, 0.25) is 0 Å². The highest BCUT2D eigenvalue weighted by molar-refractivity contribution is 5.59. The molecule has 0 bridgehead atoms. The quantitative estimate of drug-likeness (QED) is 0.828. The highest BCUT2D eigenvalue weighted by Gasteiger charge is 2.08. The molecule has 6 heteroatoms. The number of hydrogen-bond acceptors (Lipinski definition) is 4. The zero-order valence-electron chi connectivity index (χ0n) is 8.52. The molecule has 0 unspecified atom stereocenters. The first kappa shape index (κ1) is 11.1. The molecule has 0 aliphatic rings. The average Bonchev–Trinajstić information content (AvgIpc) is 2.35. The van der Waals surface area contributed by atoms with Crippen molar-refractivity contribution in [3.05, 3.63) is 53.1 Å². The van der Waals surface area contributed by atoms with Crippen LogP contribution in [0.25, 0.3) is 0 Å². The van der Waals surface area contributed by atoms with Crippen LogP contribution in [0.1, 0.15) is 0 Å². The zero-order chi connectivity index (χ0) is 12.3. The Hall–Kier alpha value is -2.37. The van der Waals surface area contributed by atoms with Crippen LogP contribution in [-0.2, 0) is 0 Å². The number of anilines is 2. The number of halogens is 2. The monoisotopic (exact) mass is 235 g/mol. The van der Waals surface area contributed by atoms with Gasteiger partial charge in [0.1, 0.15) is 11.5 Å². The summed E-state index contributed by atoms with van der Waals surface area (Å²) in [5, 5.41) is 5.28. The van der Waals surface area contributed by atoms with Crippen LogP contribution in [0.15, 0.2) is 41.7 Å². The summed E-state index contributed by atoms with van der Waals surface area (Å²) in [7, 11) is 0. The second-order valence-corrected chi connectivity index (χ2v) is 3.22. The normalized spacial score (nSPS) is 10.0. The first-order chi connectivity index (χ1) is 8.20. The van der Waals surface area contributed by atoms with Gasteiger partial charge in [0.15, 0.2) is 11.6 Å². The third kappa shape index (κ3) is 2.41. The third-order valence-corrected chi connectivity index (χ3v) is 2.06. The van der Waals surface area contributed by atoms with E-state index in [2.05, 4.69) is 15.5 Å². The highest BCUT2D eigenvalue weighted by Crippen LogP contribution is 2.22. The molecule has 1 aromatic carbocycles. The van der Waals surface area contributed by atoms with E-state index in [1.807, 2.05) is 0 Å². The molecule has 1 aromatic heterocycles. The molecule has 86 valence electrons. The zero-order valence-corrected chi connectivity index (χ0v) is 8.52. The summed E-state index contributed by atoms with van der Waals surface area (Å²) >= 11 is 0. The summed E-state index contributed by atoms with van der Waals surface area (Å²) in [4.78, 5) is 14.1. The number of pyridine rings is 1. The Balaban J connectivity index is 2.31. The van der Waals surface area contributed by atoms with Crippen molar-refractivity contribution in [2.75, 3.05) is 5.32 Å². The third-order valence-electron chi connectivity index (χ3n) is 2.06. The molecule has 4 nitrogen and oxygen atoms in total. The molecule has 0 fully saturated rings. The Morgan fingerprint density at radius 2 is 2.06 bits per heavy atom. The van der Waals surface area contributed by atoms with E-state index < -0.39 is 11.6 Å². The van der Waals surface area contributed by atoms with Gasteiger partial charge in [-0.05, 0) is 23.4 Å². The molecule has 17 heavy (non-hydrogen) atoms. The lowest BCUT2D eigenvalue weighted by Crippen LogP contribution is -1.97. The maximum atomic E-state index is 13.3. The van der Waals surface area contributed by atoms with Crippen molar-refractivity contribution >= 4 is 17.2 Å². The minimum absolute atomic E-state index is 0.0550. The van der Waals surface area contributed by atoms with Gasteiger partial charge in [0.25, 0.3) is 0 Å². The van der Waals surface area contributed by atoms with E-state index in [9.17, 15) is 13.7 Å². The van der Waals surface area contributed by atoms with Crippen LogP contribution in [0.5, 0.6) is 0 Å². The molecular weight excluding hydrogens is 228 g/mol. The van der Waals surface area contributed by atoms with E-state index in [0.29, 0.717) is 0 Å². The van der Waals surface area contributed by atoms with E-state index in [0.717, 1.165) is 6.07 Å². The van der Waals surface area contributed by atoms with Crippen LogP contribution in [0, 0.1) is 16.5 Å². The molecule has 0 saturated heterocycles. The number of nitroso groups, excluding NO2 is 1. The Bertz CT molecular complexity index is 560. The molecule has 0 saturated carbocycles. The smallest absolute Gasteiger partial charge is 0.182 e. The molecule has 2 rings (SSSR count). The predicted molar refractivity (Wildman–Crippen MR) is 59.3 cm³/mol. The summed E-state index contributed by atoms with van der Waals surface area (Å²) in [6.45, 7) is 0. The van der Waals surface area contributed by atoms with Gasteiger partial charge in [0.05, 0.1) is 5.69 Å². The van der Waals surface area contributed by atoms with E-state index in [1.165, 1.54) is 30.5 Å². The molecule has 1 N–H and O–H groups in total. The van der Waals surface area contributed by atoms with Crippen molar-refractivity contribution in [3.63, 3.8) is 0 Å². The molecule has 0 radical (unpaired) electrons. The molecule has 0 aliphatic carbocycles. The summed E-state index contributed by atoms with van der Waals surface area (Å²) in [6, 6.07) is 6.47. The van der Waals surface area contributed by atoms with E-state index >= 15 is 0 Å². The fourth-order valence-electron chi connectivity index (χ4n) is 1.28. The van der Waals surface area contributed by atoms with Crippen molar-refractivity contribution in [2.45, 2.75) is 0 Å².